The monoisotopic (exact) mass is 322 g/mol. The minimum absolute atomic E-state index is 0.0610. The molecule has 2 aromatic rings. The molecule has 0 saturated carbocycles. The van der Waals surface area contributed by atoms with Gasteiger partial charge in [0.1, 0.15) is 6.54 Å². The number of hydrogen-bond donors (Lipinski definition) is 1. The largest absolute Gasteiger partial charge is 0.466 e. The van der Waals surface area contributed by atoms with E-state index >= 15 is 0 Å². The Morgan fingerprint density at radius 2 is 2.14 bits per heavy atom. The van der Waals surface area contributed by atoms with E-state index in [0.29, 0.717) is 5.39 Å². The van der Waals surface area contributed by atoms with E-state index in [9.17, 15) is 22.0 Å². The molecule has 1 atom stereocenters. The molecule has 1 aliphatic heterocycles. The highest BCUT2D eigenvalue weighted by molar-refractivity contribution is 5.78. The van der Waals surface area contributed by atoms with Gasteiger partial charge in [0, 0.05) is 24.2 Å². The fourth-order valence-electron chi connectivity index (χ4n) is 2.22. The van der Waals surface area contributed by atoms with Gasteiger partial charge >= 0.3 is 6.18 Å². The van der Waals surface area contributed by atoms with E-state index in [2.05, 4.69) is 15.4 Å². The highest BCUT2D eigenvalue weighted by Crippen LogP contribution is 2.28. The summed E-state index contributed by atoms with van der Waals surface area (Å²) in [5.74, 6) is -3.21. The fraction of sp³-hybridized carbons (Fsp3) is 0.500. The van der Waals surface area contributed by atoms with Gasteiger partial charge in [-0.05, 0) is 0 Å². The van der Waals surface area contributed by atoms with Gasteiger partial charge in [0.05, 0.1) is 18.3 Å². The molecule has 0 unspecified atom stereocenters. The van der Waals surface area contributed by atoms with Gasteiger partial charge < -0.3 is 10.1 Å². The van der Waals surface area contributed by atoms with Gasteiger partial charge in [-0.15, -0.1) is 0 Å². The van der Waals surface area contributed by atoms with Gasteiger partial charge in [0.25, 0.3) is 5.92 Å². The molecule has 3 rings (SSSR count). The zero-order valence-corrected chi connectivity index (χ0v) is 11.1. The van der Waals surface area contributed by atoms with Crippen LogP contribution in [-0.4, -0.2) is 46.1 Å². The number of hydrogen-bond acceptors (Lipinski definition) is 4. The molecule has 1 saturated heterocycles. The molecular formula is C12H11F5N4O. The maximum atomic E-state index is 13.5. The van der Waals surface area contributed by atoms with Crippen LogP contribution in [0.2, 0.25) is 0 Å². The van der Waals surface area contributed by atoms with Gasteiger partial charge in [-0.3, -0.25) is 4.68 Å². The Balaban J connectivity index is 1.87. The maximum Gasteiger partial charge on any atom is 0.408 e. The molecule has 1 fully saturated rings. The number of rotatable bonds is 3. The average molecular weight is 322 g/mol. The lowest BCUT2D eigenvalue weighted by Crippen LogP contribution is -2.36. The molecule has 0 spiro atoms. The highest BCUT2D eigenvalue weighted by Gasteiger charge is 2.46. The Morgan fingerprint density at radius 3 is 2.77 bits per heavy atom. The van der Waals surface area contributed by atoms with Crippen molar-refractivity contribution in [2.24, 2.45) is 0 Å². The molecule has 1 aliphatic rings. The summed E-state index contributed by atoms with van der Waals surface area (Å²) < 4.78 is 70.2. The molecule has 3 heterocycles. The first-order valence-electron chi connectivity index (χ1n) is 6.38. The summed E-state index contributed by atoms with van der Waals surface area (Å²) in [6.07, 6.45) is -3.38. The lowest BCUT2D eigenvalue weighted by molar-refractivity contribution is -0.141. The van der Waals surface area contributed by atoms with Crippen LogP contribution in [0.5, 0.6) is 5.88 Å². The number of ether oxygens (including phenoxy) is 1. The molecule has 0 amide bonds. The molecule has 2 aromatic heterocycles. The number of alkyl halides is 5. The maximum absolute atomic E-state index is 13.5. The number of aromatic nitrogens is 3. The van der Waals surface area contributed by atoms with Crippen molar-refractivity contribution in [3.8, 4) is 5.88 Å². The zero-order valence-electron chi connectivity index (χ0n) is 11.1. The van der Waals surface area contributed by atoms with Crippen LogP contribution in [0.1, 0.15) is 0 Å². The molecule has 22 heavy (non-hydrogen) atoms. The van der Waals surface area contributed by atoms with E-state index in [0.717, 1.165) is 4.68 Å². The SMILES string of the molecule is FC(F)(F)Cn1ncc2cnc(O[C@H]3CNCC3(F)F)cc21. The first-order chi connectivity index (χ1) is 10.2. The van der Waals surface area contributed by atoms with E-state index in [1.807, 2.05) is 0 Å². The van der Waals surface area contributed by atoms with E-state index in [-0.39, 0.29) is 17.9 Å². The molecule has 120 valence electrons. The molecule has 1 N–H and O–H groups in total. The van der Waals surface area contributed by atoms with E-state index in [1.165, 1.54) is 18.5 Å². The number of nitrogens with zero attached hydrogens (tertiary/aromatic N) is 3. The van der Waals surface area contributed by atoms with E-state index < -0.39 is 31.3 Å². The average Bonchev–Trinajstić information content (AvgIpc) is 2.93. The standard InChI is InChI=1S/C12H11F5N4O/c13-11(14)5-18-4-9(11)22-10-1-8-7(2-19-10)3-20-21(8)6-12(15,16)17/h1-3,9,18H,4-6H2/t9-/m0/s1. The predicted molar refractivity (Wildman–Crippen MR) is 65.8 cm³/mol. The van der Waals surface area contributed by atoms with Gasteiger partial charge in [-0.25, -0.2) is 13.8 Å². The number of pyridine rings is 1. The third-order valence-corrected chi connectivity index (χ3v) is 3.25. The Kier molecular flexibility index (Phi) is 3.42. The molecule has 0 aliphatic carbocycles. The van der Waals surface area contributed by atoms with Crippen molar-refractivity contribution in [2.45, 2.75) is 24.7 Å². The Hall–Kier alpha value is -1.97. The third-order valence-electron chi connectivity index (χ3n) is 3.25. The van der Waals surface area contributed by atoms with Crippen LogP contribution >= 0.6 is 0 Å². The second-order valence-electron chi connectivity index (χ2n) is 5.00. The fourth-order valence-corrected chi connectivity index (χ4v) is 2.22. The summed E-state index contributed by atoms with van der Waals surface area (Å²) in [5.41, 5.74) is 0.122. The Bertz CT molecular complexity index is 684. The van der Waals surface area contributed by atoms with Crippen molar-refractivity contribution in [1.82, 2.24) is 20.1 Å². The summed E-state index contributed by atoms with van der Waals surface area (Å²) in [6, 6.07) is 1.18. The minimum Gasteiger partial charge on any atom is -0.466 e. The Labute approximate surface area is 121 Å². The van der Waals surface area contributed by atoms with Crippen molar-refractivity contribution in [2.75, 3.05) is 13.1 Å². The summed E-state index contributed by atoms with van der Waals surface area (Å²) in [4.78, 5) is 3.83. The topological polar surface area (TPSA) is 52.0 Å². The first kappa shape index (κ1) is 14.9. The zero-order chi connectivity index (χ0) is 16.0. The second kappa shape index (κ2) is 5.04. The van der Waals surface area contributed by atoms with Crippen LogP contribution < -0.4 is 10.1 Å². The van der Waals surface area contributed by atoms with Crippen molar-refractivity contribution in [3.05, 3.63) is 18.5 Å². The summed E-state index contributed by atoms with van der Waals surface area (Å²) in [7, 11) is 0. The molecule has 0 aromatic carbocycles. The summed E-state index contributed by atoms with van der Waals surface area (Å²) in [5, 5.41) is 6.48. The van der Waals surface area contributed by atoms with E-state index in [1.54, 1.807) is 0 Å². The Morgan fingerprint density at radius 1 is 1.36 bits per heavy atom. The molecule has 10 heteroatoms. The normalized spacial score (nSPS) is 21.4. The van der Waals surface area contributed by atoms with E-state index in [4.69, 9.17) is 4.74 Å². The number of fused-ring (bicyclic) bond motifs is 1. The van der Waals surface area contributed by atoms with Gasteiger partial charge in [-0.1, -0.05) is 0 Å². The number of nitrogens with one attached hydrogen (secondary N) is 1. The molecule has 0 radical (unpaired) electrons. The van der Waals surface area contributed by atoms with Crippen LogP contribution in [0.3, 0.4) is 0 Å². The highest BCUT2D eigenvalue weighted by atomic mass is 19.4. The molecule has 5 nitrogen and oxygen atoms in total. The van der Waals surface area contributed by atoms with Gasteiger partial charge in [-0.2, -0.15) is 18.3 Å². The molecule has 0 bridgehead atoms. The summed E-state index contributed by atoms with van der Waals surface area (Å²) in [6.45, 7) is -1.85. The van der Waals surface area contributed by atoms with Gasteiger partial charge in [0.2, 0.25) is 5.88 Å². The van der Waals surface area contributed by atoms with Crippen molar-refractivity contribution >= 4 is 10.9 Å². The van der Waals surface area contributed by atoms with Gasteiger partial charge in [0.15, 0.2) is 6.10 Å². The van der Waals surface area contributed by atoms with Crippen LogP contribution in [0.15, 0.2) is 18.5 Å². The summed E-state index contributed by atoms with van der Waals surface area (Å²) >= 11 is 0. The van der Waals surface area contributed by atoms with Crippen LogP contribution in [0.4, 0.5) is 22.0 Å². The van der Waals surface area contributed by atoms with Crippen LogP contribution in [0.25, 0.3) is 10.9 Å². The second-order valence-corrected chi connectivity index (χ2v) is 5.00. The number of halogens is 5. The van der Waals surface area contributed by atoms with Crippen LogP contribution in [0, 0.1) is 0 Å². The van der Waals surface area contributed by atoms with Crippen molar-refractivity contribution < 1.29 is 26.7 Å². The smallest absolute Gasteiger partial charge is 0.408 e. The third kappa shape index (κ3) is 2.96. The van der Waals surface area contributed by atoms with Crippen molar-refractivity contribution in [1.29, 1.82) is 0 Å². The van der Waals surface area contributed by atoms with Crippen LogP contribution in [-0.2, 0) is 6.54 Å². The lowest BCUT2D eigenvalue weighted by atomic mass is 10.2. The molecular weight excluding hydrogens is 311 g/mol. The quantitative estimate of drug-likeness (QED) is 0.878. The first-order valence-corrected chi connectivity index (χ1v) is 6.38. The predicted octanol–water partition coefficient (Wildman–Crippen LogP) is 1.98. The minimum atomic E-state index is -4.44. The van der Waals surface area contributed by atoms with Crippen molar-refractivity contribution in [3.63, 3.8) is 0 Å². The lowest BCUT2D eigenvalue weighted by Gasteiger charge is -2.18.